The molecule has 0 aromatic carbocycles. The Morgan fingerprint density at radius 3 is 2.86 bits per heavy atom. The summed E-state index contributed by atoms with van der Waals surface area (Å²) in [5.41, 5.74) is 6.62. The van der Waals surface area contributed by atoms with Gasteiger partial charge in [0.05, 0.1) is 6.04 Å². The average Bonchev–Trinajstić information content (AvgIpc) is 3.05. The number of imidazole rings is 1. The fraction of sp³-hybridized carbons (Fsp3) is 0.462. The number of hydrogen-bond acceptors (Lipinski definition) is 4. The quantitative estimate of drug-likeness (QED) is 0.779. The highest BCUT2D eigenvalue weighted by Crippen LogP contribution is 2.17. The first kappa shape index (κ1) is 17.2. The molecule has 2 atom stereocenters. The second-order valence-corrected chi connectivity index (χ2v) is 4.93. The van der Waals surface area contributed by atoms with Gasteiger partial charge in [-0.2, -0.15) is 5.10 Å². The van der Waals surface area contributed by atoms with Crippen LogP contribution in [-0.4, -0.2) is 31.7 Å². The highest BCUT2D eigenvalue weighted by Gasteiger charge is 2.20. The van der Waals surface area contributed by atoms with E-state index in [1.807, 2.05) is 31.7 Å². The standard InChI is InChI=1S/C13H20N6O.ClH/c1-4-8(2)11(14)13(20)16-10-7-9(17-18-10)12-15-5-6-19(12)3;/h5-8,11H,4,14H2,1-3H3,(H2,16,17,18,20);1H. The number of aryl methyl sites for hydroxylation is 1. The number of nitrogens with one attached hydrogen (secondary N) is 2. The van der Waals surface area contributed by atoms with Gasteiger partial charge in [0.2, 0.25) is 5.91 Å². The molecule has 0 radical (unpaired) electrons. The number of nitrogens with two attached hydrogens (primary N) is 1. The molecule has 0 aliphatic rings. The highest BCUT2D eigenvalue weighted by atomic mass is 35.5. The molecule has 0 fully saturated rings. The SMILES string of the molecule is CCC(C)C(N)C(=O)Nc1cc(-c2nccn2C)[nH]n1.Cl. The average molecular weight is 313 g/mol. The Bertz CT molecular complexity index is 593. The lowest BCUT2D eigenvalue weighted by Crippen LogP contribution is -2.40. The van der Waals surface area contributed by atoms with Crippen LogP contribution in [-0.2, 0) is 11.8 Å². The van der Waals surface area contributed by atoms with E-state index in [0.717, 1.165) is 17.9 Å². The molecule has 1 amide bonds. The Morgan fingerprint density at radius 1 is 1.57 bits per heavy atom. The third-order valence-corrected chi connectivity index (χ3v) is 3.45. The zero-order chi connectivity index (χ0) is 14.7. The molecule has 8 heteroatoms. The zero-order valence-corrected chi connectivity index (χ0v) is 13.1. The first-order valence-corrected chi connectivity index (χ1v) is 6.62. The zero-order valence-electron chi connectivity index (χ0n) is 12.3. The lowest BCUT2D eigenvalue weighted by molar-refractivity contribution is -0.118. The lowest BCUT2D eigenvalue weighted by atomic mass is 9.99. The van der Waals surface area contributed by atoms with Crippen LogP contribution < -0.4 is 11.1 Å². The summed E-state index contributed by atoms with van der Waals surface area (Å²) < 4.78 is 1.87. The van der Waals surface area contributed by atoms with Crippen molar-refractivity contribution in [1.29, 1.82) is 0 Å². The molecule has 116 valence electrons. The summed E-state index contributed by atoms with van der Waals surface area (Å²) in [7, 11) is 1.89. The number of nitrogens with zero attached hydrogens (tertiary/aromatic N) is 3. The molecular formula is C13H21ClN6O. The van der Waals surface area contributed by atoms with Gasteiger partial charge in [-0.25, -0.2) is 4.98 Å². The van der Waals surface area contributed by atoms with Gasteiger partial charge in [0, 0.05) is 25.5 Å². The number of anilines is 1. The van der Waals surface area contributed by atoms with E-state index in [9.17, 15) is 4.79 Å². The number of aromatic nitrogens is 4. The van der Waals surface area contributed by atoms with Gasteiger partial charge in [0.1, 0.15) is 5.69 Å². The topological polar surface area (TPSA) is 102 Å². The largest absolute Gasteiger partial charge is 0.333 e. The van der Waals surface area contributed by atoms with Crippen LogP contribution in [0.25, 0.3) is 11.5 Å². The number of H-pyrrole nitrogens is 1. The molecule has 0 spiro atoms. The number of rotatable bonds is 5. The number of hydrogen-bond donors (Lipinski definition) is 3. The Kier molecular flexibility index (Phi) is 5.92. The van der Waals surface area contributed by atoms with E-state index < -0.39 is 6.04 Å². The number of carbonyl (C=O) groups excluding carboxylic acids is 1. The van der Waals surface area contributed by atoms with Crippen LogP contribution in [0.2, 0.25) is 0 Å². The number of amides is 1. The molecule has 2 unspecified atom stereocenters. The van der Waals surface area contributed by atoms with Crippen LogP contribution in [0.3, 0.4) is 0 Å². The van der Waals surface area contributed by atoms with Crippen molar-refractivity contribution in [1.82, 2.24) is 19.7 Å². The van der Waals surface area contributed by atoms with Gasteiger partial charge in [-0.05, 0) is 5.92 Å². The van der Waals surface area contributed by atoms with E-state index in [1.165, 1.54) is 0 Å². The van der Waals surface area contributed by atoms with Crippen molar-refractivity contribution in [3.63, 3.8) is 0 Å². The van der Waals surface area contributed by atoms with Gasteiger partial charge < -0.3 is 15.6 Å². The summed E-state index contributed by atoms with van der Waals surface area (Å²) in [4.78, 5) is 16.2. The summed E-state index contributed by atoms with van der Waals surface area (Å²) in [6.07, 6.45) is 4.40. The highest BCUT2D eigenvalue weighted by molar-refractivity contribution is 5.94. The van der Waals surface area contributed by atoms with E-state index in [4.69, 9.17) is 5.73 Å². The Morgan fingerprint density at radius 2 is 2.29 bits per heavy atom. The summed E-state index contributed by atoms with van der Waals surface area (Å²) >= 11 is 0. The number of carbonyl (C=O) groups is 1. The summed E-state index contributed by atoms with van der Waals surface area (Å²) in [5.74, 6) is 1.11. The van der Waals surface area contributed by atoms with Gasteiger partial charge in [0.25, 0.3) is 0 Å². The van der Waals surface area contributed by atoms with Crippen LogP contribution in [0.5, 0.6) is 0 Å². The molecule has 2 heterocycles. The Labute approximate surface area is 129 Å². The molecule has 0 saturated heterocycles. The lowest BCUT2D eigenvalue weighted by Gasteiger charge is -2.16. The molecule has 2 aromatic rings. The fourth-order valence-electron chi connectivity index (χ4n) is 1.85. The van der Waals surface area contributed by atoms with Crippen LogP contribution in [0.4, 0.5) is 5.82 Å². The maximum atomic E-state index is 12.0. The molecule has 7 nitrogen and oxygen atoms in total. The van der Waals surface area contributed by atoms with Crippen molar-refractivity contribution in [3.8, 4) is 11.5 Å². The molecule has 4 N–H and O–H groups in total. The van der Waals surface area contributed by atoms with Crippen molar-refractivity contribution in [2.45, 2.75) is 26.3 Å². The van der Waals surface area contributed by atoms with E-state index in [2.05, 4.69) is 20.5 Å². The van der Waals surface area contributed by atoms with E-state index in [1.54, 1.807) is 12.3 Å². The minimum Gasteiger partial charge on any atom is -0.333 e. The van der Waals surface area contributed by atoms with Gasteiger partial charge in [-0.15, -0.1) is 12.4 Å². The molecule has 2 rings (SSSR count). The smallest absolute Gasteiger partial charge is 0.242 e. The Balaban J connectivity index is 0.00000220. The first-order chi connectivity index (χ1) is 9.52. The van der Waals surface area contributed by atoms with Crippen molar-refractivity contribution in [3.05, 3.63) is 18.5 Å². The number of halogens is 1. The van der Waals surface area contributed by atoms with Gasteiger partial charge in [-0.3, -0.25) is 9.89 Å². The molecule has 2 aromatic heterocycles. The molecular weight excluding hydrogens is 292 g/mol. The Hall–Kier alpha value is -1.86. The third kappa shape index (κ3) is 3.83. The maximum Gasteiger partial charge on any atom is 0.242 e. The predicted octanol–water partition coefficient (Wildman–Crippen LogP) is 1.54. The van der Waals surface area contributed by atoms with Gasteiger partial charge in [-0.1, -0.05) is 20.3 Å². The van der Waals surface area contributed by atoms with E-state index >= 15 is 0 Å². The monoisotopic (exact) mass is 312 g/mol. The first-order valence-electron chi connectivity index (χ1n) is 6.62. The summed E-state index contributed by atoms with van der Waals surface area (Å²) in [6.45, 7) is 3.96. The minimum atomic E-state index is -0.534. The number of aromatic amines is 1. The van der Waals surface area contributed by atoms with E-state index in [0.29, 0.717) is 5.82 Å². The fourth-order valence-corrected chi connectivity index (χ4v) is 1.85. The molecule has 0 bridgehead atoms. The van der Waals surface area contributed by atoms with Crippen LogP contribution in [0.1, 0.15) is 20.3 Å². The van der Waals surface area contributed by atoms with Crippen LogP contribution >= 0.6 is 12.4 Å². The summed E-state index contributed by atoms with van der Waals surface area (Å²) in [6, 6.07) is 1.21. The summed E-state index contributed by atoms with van der Waals surface area (Å²) in [5, 5.41) is 9.62. The predicted molar refractivity (Wildman–Crippen MR) is 84.1 cm³/mol. The maximum absolute atomic E-state index is 12.0. The van der Waals surface area contributed by atoms with Crippen molar-refractivity contribution in [2.75, 3.05) is 5.32 Å². The van der Waals surface area contributed by atoms with Gasteiger partial charge >= 0.3 is 0 Å². The normalized spacial score (nSPS) is 13.3. The van der Waals surface area contributed by atoms with Crippen molar-refractivity contribution < 1.29 is 4.79 Å². The van der Waals surface area contributed by atoms with Crippen LogP contribution in [0, 0.1) is 5.92 Å². The second-order valence-electron chi connectivity index (χ2n) is 4.93. The molecule has 0 saturated carbocycles. The second kappa shape index (κ2) is 7.24. The third-order valence-electron chi connectivity index (χ3n) is 3.45. The van der Waals surface area contributed by atoms with Crippen molar-refractivity contribution in [2.24, 2.45) is 18.7 Å². The molecule has 0 aliphatic heterocycles. The van der Waals surface area contributed by atoms with Crippen LogP contribution in [0.15, 0.2) is 18.5 Å². The van der Waals surface area contributed by atoms with E-state index in [-0.39, 0.29) is 24.2 Å². The van der Waals surface area contributed by atoms with Gasteiger partial charge in [0.15, 0.2) is 11.6 Å². The molecule has 21 heavy (non-hydrogen) atoms. The minimum absolute atomic E-state index is 0. The van der Waals surface area contributed by atoms with Crippen molar-refractivity contribution >= 4 is 24.1 Å². The molecule has 0 aliphatic carbocycles.